The van der Waals surface area contributed by atoms with Crippen LogP contribution in [0.5, 0.6) is 0 Å². The molecule has 0 atom stereocenters. The molecule has 0 aliphatic rings. The van der Waals surface area contributed by atoms with Crippen LogP contribution < -0.4 is 10.6 Å². The second-order valence-electron chi connectivity index (χ2n) is 6.02. The van der Waals surface area contributed by atoms with Crippen LogP contribution in [0.2, 0.25) is 0 Å². The van der Waals surface area contributed by atoms with E-state index in [0.29, 0.717) is 18.9 Å². The Balaban J connectivity index is 1.85. The zero-order valence-corrected chi connectivity index (χ0v) is 13.3. The first-order chi connectivity index (χ1) is 10.3. The molecule has 8 heteroatoms. The fourth-order valence-corrected chi connectivity index (χ4v) is 1.86. The summed E-state index contributed by atoms with van der Waals surface area (Å²) in [6, 6.07) is 0. The van der Waals surface area contributed by atoms with E-state index in [-0.39, 0.29) is 0 Å². The fourth-order valence-electron chi connectivity index (χ4n) is 1.86. The molecule has 2 aromatic heterocycles. The van der Waals surface area contributed by atoms with Gasteiger partial charge in [-0.1, -0.05) is 0 Å². The molecule has 120 valence electrons. The SMILES string of the molecule is Cn1cc(CNCc2cn[nH]c2NC(=O)OC(C)(C)C)cn1. The van der Waals surface area contributed by atoms with Crippen LogP contribution in [0.1, 0.15) is 31.9 Å². The van der Waals surface area contributed by atoms with Gasteiger partial charge in [0.2, 0.25) is 0 Å². The highest BCUT2D eigenvalue weighted by Crippen LogP contribution is 2.14. The highest BCUT2D eigenvalue weighted by atomic mass is 16.6. The predicted octanol–water partition coefficient (Wildman–Crippen LogP) is 1.78. The van der Waals surface area contributed by atoms with Gasteiger partial charge in [0.25, 0.3) is 0 Å². The Morgan fingerprint density at radius 2 is 2.14 bits per heavy atom. The first-order valence-corrected chi connectivity index (χ1v) is 7.04. The number of aryl methyl sites for hydroxylation is 1. The van der Waals surface area contributed by atoms with Crippen molar-refractivity contribution in [1.29, 1.82) is 0 Å². The minimum absolute atomic E-state index is 0.509. The third-order valence-corrected chi connectivity index (χ3v) is 2.75. The largest absolute Gasteiger partial charge is 0.444 e. The summed E-state index contributed by atoms with van der Waals surface area (Å²) in [6.07, 6.45) is 4.91. The number of aromatic amines is 1. The highest BCUT2D eigenvalue weighted by molar-refractivity contribution is 5.84. The molecule has 22 heavy (non-hydrogen) atoms. The number of amides is 1. The lowest BCUT2D eigenvalue weighted by Crippen LogP contribution is -2.27. The number of hydrogen-bond acceptors (Lipinski definition) is 5. The van der Waals surface area contributed by atoms with Crippen LogP contribution in [0, 0.1) is 0 Å². The maximum atomic E-state index is 11.8. The Labute approximate surface area is 129 Å². The Kier molecular flexibility index (Phi) is 4.81. The van der Waals surface area contributed by atoms with Crippen molar-refractivity contribution in [3.05, 3.63) is 29.7 Å². The molecule has 0 radical (unpaired) electrons. The zero-order chi connectivity index (χ0) is 16.2. The lowest BCUT2D eigenvalue weighted by molar-refractivity contribution is 0.0635. The molecule has 0 aromatic carbocycles. The van der Waals surface area contributed by atoms with Crippen molar-refractivity contribution in [2.24, 2.45) is 7.05 Å². The van der Waals surface area contributed by atoms with Crippen molar-refractivity contribution in [2.75, 3.05) is 5.32 Å². The van der Waals surface area contributed by atoms with E-state index < -0.39 is 11.7 Å². The van der Waals surface area contributed by atoms with Gasteiger partial charge in [0.05, 0.1) is 12.4 Å². The summed E-state index contributed by atoms with van der Waals surface area (Å²) in [5, 5.41) is 16.8. The van der Waals surface area contributed by atoms with Crippen molar-refractivity contribution in [3.63, 3.8) is 0 Å². The number of nitrogens with zero attached hydrogens (tertiary/aromatic N) is 3. The lowest BCUT2D eigenvalue weighted by atomic mass is 10.2. The van der Waals surface area contributed by atoms with Gasteiger partial charge in [-0.3, -0.25) is 15.1 Å². The van der Waals surface area contributed by atoms with Gasteiger partial charge in [-0.2, -0.15) is 10.2 Å². The first-order valence-electron chi connectivity index (χ1n) is 7.04. The molecule has 3 N–H and O–H groups in total. The second-order valence-corrected chi connectivity index (χ2v) is 6.02. The number of rotatable bonds is 5. The van der Waals surface area contributed by atoms with Crippen molar-refractivity contribution in [2.45, 2.75) is 39.5 Å². The van der Waals surface area contributed by atoms with Gasteiger partial charge in [0, 0.05) is 37.5 Å². The number of carbonyl (C=O) groups is 1. The van der Waals surface area contributed by atoms with E-state index in [2.05, 4.69) is 25.9 Å². The highest BCUT2D eigenvalue weighted by Gasteiger charge is 2.17. The molecule has 0 aliphatic carbocycles. The normalized spacial score (nSPS) is 11.5. The molecular weight excluding hydrogens is 284 g/mol. The zero-order valence-electron chi connectivity index (χ0n) is 13.3. The Hall–Kier alpha value is -2.35. The summed E-state index contributed by atoms with van der Waals surface area (Å²) in [7, 11) is 1.88. The third-order valence-electron chi connectivity index (χ3n) is 2.75. The van der Waals surface area contributed by atoms with Crippen molar-refractivity contribution in [1.82, 2.24) is 25.3 Å². The van der Waals surface area contributed by atoms with E-state index in [1.165, 1.54) is 0 Å². The van der Waals surface area contributed by atoms with Gasteiger partial charge >= 0.3 is 6.09 Å². The van der Waals surface area contributed by atoms with Gasteiger partial charge in [-0.25, -0.2) is 4.79 Å². The van der Waals surface area contributed by atoms with E-state index in [1.54, 1.807) is 10.9 Å². The molecule has 2 aromatic rings. The van der Waals surface area contributed by atoms with Crippen molar-refractivity contribution in [3.8, 4) is 0 Å². The van der Waals surface area contributed by atoms with Crippen LogP contribution in [-0.2, 0) is 24.9 Å². The number of carbonyl (C=O) groups excluding carboxylic acids is 1. The van der Waals surface area contributed by atoms with E-state index in [9.17, 15) is 4.79 Å². The molecule has 0 saturated carbocycles. The minimum Gasteiger partial charge on any atom is -0.444 e. The molecule has 8 nitrogen and oxygen atoms in total. The summed E-state index contributed by atoms with van der Waals surface area (Å²) in [5.74, 6) is 0.535. The van der Waals surface area contributed by atoms with Gasteiger partial charge < -0.3 is 10.1 Å². The third kappa shape index (κ3) is 4.88. The van der Waals surface area contributed by atoms with E-state index >= 15 is 0 Å². The fraction of sp³-hybridized carbons (Fsp3) is 0.500. The maximum absolute atomic E-state index is 11.8. The van der Waals surface area contributed by atoms with Crippen LogP contribution in [0.15, 0.2) is 18.6 Å². The Morgan fingerprint density at radius 3 is 2.77 bits per heavy atom. The predicted molar refractivity (Wildman–Crippen MR) is 82.2 cm³/mol. The Bertz CT molecular complexity index is 625. The number of H-pyrrole nitrogens is 1. The van der Waals surface area contributed by atoms with Crippen molar-refractivity contribution >= 4 is 11.9 Å². The molecule has 0 aliphatic heterocycles. The summed E-state index contributed by atoms with van der Waals surface area (Å²) in [6.45, 7) is 6.70. The lowest BCUT2D eigenvalue weighted by Gasteiger charge is -2.19. The van der Waals surface area contributed by atoms with E-state index in [0.717, 1.165) is 11.1 Å². The van der Waals surface area contributed by atoms with Crippen LogP contribution in [0.4, 0.5) is 10.6 Å². The number of hydrogen-bond donors (Lipinski definition) is 3. The molecule has 0 fully saturated rings. The average Bonchev–Trinajstić information content (AvgIpc) is 2.97. The smallest absolute Gasteiger partial charge is 0.413 e. The van der Waals surface area contributed by atoms with Gasteiger partial charge in [0.1, 0.15) is 11.4 Å². The quantitative estimate of drug-likeness (QED) is 0.782. The van der Waals surface area contributed by atoms with Crippen molar-refractivity contribution < 1.29 is 9.53 Å². The molecule has 0 saturated heterocycles. The molecule has 1 amide bonds. The molecule has 0 bridgehead atoms. The summed E-state index contributed by atoms with van der Waals surface area (Å²) in [4.78, 5) is 11.8. The maximum Gasteiger partial charge on any atom is 0.413 e. The van der Waals surface area contributed by atoms with Gasteiger partial charge in [-0.15, -0.1) is 0 Å². The number of nitrogens with one attached hydrogen (secondary N) is 3. The van der Waals surface area contributed by atoms with E-state index in [1.807, 2.05) is 40.2 Å². The molecule has 2 heterocycles. The monoisotopic (exact) mass is 306 g/mol. The second kappa shape index (κ2) is 6.61. The standard InChI is InChI=1S/C14H22N6O2/c1-14(2,3)22-13(21)18-12-11(8-16-19-12)7-15-5-10-6-17-20(4)9-10/h6,8-9,15H,5,7H2,1-4H3,(H2,16,18,19,21). The summed E-state index contributed by atoms with van der Waals surface area (Å²) < 4.78 is 6.97. The number of aromatic nitrogens is 4. The average molecular weight is 306 g/mol. The summed E-state index contributed by atoms with van der Waals surface area (Å²) >= 11 is 0. The summed E-state index contributed by atoms with van der Waals surface area (Å²) in [5.41, 5.74) is 1.41. The topological polar surface area (TPSA) is 96.9 Å². The van der Waals surface area contributed by atoms with Gasteiger partial charge in [-0.05, 0) is 20.8 Å². The number of ether oxygens (including phenoxy) is 1. The molecule has 0 spiro atoms. The molecule has 0 unspecified atom stereocenters. The van der Waals surface area contributed by atoms with E-state index in [4.69, 9.17) is 4.74 Å². The molecule has 2 rings (SSSR count). The first kappa shape index (κ1) is 16.0. The number of anilines is 1. The minimum atomic E-state index is -0.539. The van der Waals surface area contributed by atoms with Crippen LogP contribution >= 0.6 is 0 Å². The van der Waals surface area contributed by atoms with Crippen LogP contribution in [-0.4, -0.2) is 31.7 Å². The van der Waals surface area contributed by atoms with Crippen LogP contribution in [0.25, 0.3) is 0 Å². The van der Waals surface area contributed by atoms with Gasteiger partial charge in [0.15, 0.2) is 0 Å². The Morgan fingerprint density at radius 1 is 1.36 bits per heavy atom. The van der Waals surface area contributed by atoms with Crippen LogP contribution in [0.3, 0.4) is 0 Å². The molecular formula is C14H22N6O2.